The quantitative estimate of drug-likeness (QED) is 0.593. The van der Waals surface area contributed by atoms with Crippen molar-refractivity contribution in [2.24, 2.45) is 0 Å². The smallest absolute Gasteiger partial charge is 0.257 e. The largest absolute Gasteiger partial charge is 0.490 e. The third kappa shape index (κ3) is 4.72. The van der Waals surface area contributed by atoms with E-state index in [2.05, 4.69) is 32.6 Å². The number of halogens is 1. The zero-order valence-corrected chi connectivity index (χ0v) is 18.8. The molecule has 146 valence electrons. The molecule has 1 amide bonds. The molecule has 0 unspecified atom stereocenters. The highest BCUT2D eigenvalue weighted by molar-refractivity contribution is 9.10. The van der Waals surface area contributed by atoms with Crippen LogP contribution in [0.4, 0.5) is 5.00 Å². The number of nitriles is 1. The molecule has 0 aliphatic heterocycles. The molecule has 0 spiro atoms. The lowest BCUT2D eigenvalue weighted by Crippen LogP contribution is -2.34. The zero-order valence-electron chi connectivity index (χ0n) is 15.6. The summed E-state index contributed by atoms with van der Waals surface area (Å²) in [6, 6.07) is 7.41. The molecule has 0 radical (unpaired) electrons. The number of nitrogens with one attached hydrogen (secondary N) is 2. The van der Waals surface area contributed by atoms with E-state index in [1.54, 1.807) is 29.5 Å². The number of thiocarbonyl (C=S) groups is 1. The predicted molar refractivity (Wildman–Crippen MR) is 119 cm³/mol. The number of ether oxygens (including phenoxy) is 1. The molecular formula is C20H20BrN3O2S2. The third-order valence-electron chi connectivity index (χ3n) is 4.29. The Morgan fingerprint density at radius 3 is 2.79 bits per heavy atom. The zero-order chi connectivity index (χ0) is 20.3. The lowest BCUT2D eigenvalue weighted by Gasteiger charge is -2.13. The van der Waals surface area contributed by atoms with Crippen LogP contribution in [-0.4, -0.2) is 17.1 Å². The van der Waals surface area contributed by atoms with Crippen LogP contribution >= 0.6 is 39.5 Å². The Balaban J connectivity index is 1.69. The summed E-state index contributed by atoms with van der Waals surface area (Å²) < 4.78 is 6.36. The summed E-state index contributed by atoms with van der Waals surface area (Å²) in [5.41, 5.74) is 2.23. The Kier molecular flexibility index (Phi) is 6.70. The molecule has 28 heavy (non-hydrogen) atoms. The second-order valence-electron chi connectivity index (χ2n) is 6.75. The Bertz CT molecular complexity index is 963. The van der Waals surface area contributed by atoms with Gasteiger partial charge in [0.1, 0.15) is 16.8 Å². The number of carbonyl (C=O) groups is 1. The molecule has 1 aromatic carbocycles. The first-order valence-corrected chi connectivity index (χ1v) is 11.0. The number of hydrogen-bond donors (Lipinski definition) is 2. The molecule has 5 nitrogen and oxygen atoms in total. The van der Waals surface area contributed by atoms with Crippen molar-refractivity contribution < 1.29 is 9.53 Å². The Morgan fingerprint density at radius 2 is 2.11 bits per heavy atom. The minimum atomic E-state index is -0.325. The molecule has 3 rings (SSSR count). The van der Waals surface area contributed by atoms with Crippen molar-refractivity contribution in [1.29, 1.82) is 5.26 Å². The van der Waals surface area contributed by atoms with Gasteiger partial charge in [0.25, 0.3) is 5.91 Å². The lowest BCUT2D eigenvalue weighted by atomic mass is 9.96. The summed E-state index contributed by atoms with van der Waals surface area (Å²) in [4.78, 5) is 13.8. The van der Waals surface area contributed by atoms with Gasteiger partial charge in [-0.3, -0.25) is 10.1 Å². The van der Waals surface area contributed by atoms with Gasteiger partial charge in [-0.2, -0.15) is 5.26 Å². The van der Waals surface area contributed by atoms with Crippen LogP contribution in [0.25, 0.3) is 0 Å². The van der Waals surface area contributed by atoms with Gasteiger partial charge in [0.15, 0.2) is 5.11 Å². The maximum absolute atomic E-state index is 12.5. The van der Waals surface area contributed by atoms with E-state index in [1.165, 1.54) is 4.88 Å². The number of thiophene rings is 1. The number of nitrogens with zero attached hydrogens (tertiary/aromatic N) is 1. The Hall–Kier alpha value is -1.95. The van der Waals surface area contributed by atoms with Gasteiger partial charge in [-0.05, 0) is 91.4 Å². The van der Waals surface area contributed by atoms with Crippen molar-refractivity contribution in [2.45, 2.75) is 45.6 Å². The number of anilines is 1. The molecule has 1 heterocycles. The van der Waals surface area contributed by atoms with Crippen molar-refractivity contribution in [3.8, 4) is 11.8 Å². The highest BCUT2D eigenvalue weighted by Gasteiger charge is 2.21. The predicted octanol–water partition coefficient (Wildman–Crippen LogP) is 5.18. The summed E-state index contributed by atoms with van der Waals surface area (Å²) in [7, 11) is 0. The van der Waals surface area contributed by atoms with Crippen LogP contribution in [0, 0.1) is 11.3 Å². The van der Waals surface area contributed by atoms with Gasteiger partial charge in [0, 0.05) is 10.4 Å². The molecule has 1 aliphatic carbocycles. The van der Waals surface area contributed by atoms with E-state index < -0.39 is 0 Å². The molecule has 0 atom stereocenters. The average Bonchev–Trinajstić information content (AvgIpc) is 2.99. The maximum Gasteiger partial charge on any atom is 0.257 e. The summed E-state index contributed by atoms with van der Waals surface area (Å²) in [6.07, 6.45) is 4.20. The fourth-order valence-corrected chi connectivity index (χ4v) is 5.05. The number of benzene rings is 1. The molecule has 0 fully saturated rings. The fraction of sp³-hybridized carbons (Fsp3) is 0.350. The minimum Gasteiger partial charge on any atom is -0.490 e. The third-order valence-corrected chi connectivity index (χ3v) is 6.33. The lowest BCUT2D eigenvalue weighted by molar-refractivity contribution is 0.0977. The normalized spacial score (nSPS) is 12.8. The minimum absolute atomic E-state index is 0.0405. The van der Waals surface area contributed by atoms with Gasteiger partial charge in [-0.25, -0.2) is 0 Å². The Morgan fingerprint density at radius 1 is 1.36 bits per heavy atom. The number of fused-ring (bicyclic) bond motifs is 1. The SMILES string of the molecule is CC(C)Oc1ccc(C(=O)NC(=S)Nc2sc3c(c2C#N)CCCC3)cc1Br. The molecule has 0 saturated heterocycles. The number of hydrogen-bond acceptors (Lipinski definition) is 5. The van der Waals surface area contributed by atoms with Gasteiger partial charge in [0.05, 0.1) is 16.1 Å². The molecule has 8 heteroatoms. The highest BCUT2D eigenvalue weighted by Crippen LogP contribution is 2.37. The summed E-state index contributed by atoms with van der Waals surface area (Å²) in [5.74, 6) is 0.351. The first-order valence-electron chi connectivity index (χ1n) is 9.02. The molecule has 2 aromatic rings. The highest BCUT2D eigenvalue weighted by atomic mass is 79.9. The molecule has 2 N–H and O–H groups in total. The van der Waals surface area contributed by atoms with Crippen molar-refractivity contribution in [3.63, 3.8) is 0 Å². The van der Waals surface area contributed by atoms with Crippen molar-refractivity contribution >= 4 is 55.5 Å². The van der Waals surface area contributed by atoms with Gasteiger partial charge >= 0.3 is 0 Å². The van der Waals surface area contributed by atoms with Crippen molar-refractivity contribution in [3.05, 3.63) is 44.2 Å². The van der Waals surface area contributed by atoms with Crippen LogP contribution < -0.4 is 15.4 Å². The van der Waals surface area contributed by atoms with Crippen molar-refractivity contribution in [1.82, 2.24) is 5.32 Å². The molecule has 1 aliphatic rings. The van der Waals surface area contributed by atoms with E-state index >= 15 is 0 Å². The first kappa shape index (κ1) is 20.8. The molecular weight excluding hydrogens is 458 g/mol. The first-order chi connectivity index (χ1) is 13.4. The van der Waals surface area contributed by atoms with Crippen LogP contribution in [0.15, 0.2) is 22.7 Å². The number of aryl methyl sites for hydroxylation is 1. The standard InChI is InChI=1S/C20H20BrN3O2S2/c1-11(2)26-16-8-7-12(9-15(16)21)18(25)23-20(27)24-19-14(10-22)13-5-3-4-6-17(13)28-19/h7-9,11H,3-6H2,1-2H3,(H2,23,24,25,27). The van der Waals surface area contributed by atoms with Crippen LogP contribution in [-0.2, 0) is 12.8 Å². The molecule has 0 bridgehead atoms. The van der Waals surface area contributed by atoms with E-state index in [4.69, 9.17) is 17.0 Å². The maximum atomic E-state index is 12.5. The summed E-state index contributed by atoms with van der Waals surface area (Å²) >= 11 is 10.3. The van der Waals surface area contributed by atoms with Crippen LogP contribution in [0.5, 0.6) is 5.75 Å². The van der Waals surface area contributed by atoms with Crippen LogP contribution in [0.2, 0.25) is 0 Å². The van der Waals surface area contributed by atoms with Gasteiger partial charge in [0.2, 0.25) is 0 Å². The number of carbonyl (C=O) groups excluding carboxylic acids is 1. The second kappa shape index (κ2) is 9.03. The van der Waals surface area contributed by atoms with E-state index in [9.17, 15) is 10.1 Å². The number of rotatable bonds is 4. The van der Waals surface area contributed by atoms with E-state index in [0.717, 1.165) is 31.2 Å². The number of amides is 1. The molecule has 1 aromatic heterocycles. The van der Waals surface area contributed by atoms with Crippen molar-refractivity contribution in [2.75, 3.05) is 5.32 Å². The molecule has 0 saturated carbocycles. The summed E-state index contributed by atoms with van der Waals surface area (Å²) in [5, 5.41) is 16.1. The van der Waals surface area contributed by atoms with E-state index in [1.807, 2.05) is 13.8 Å². The second-order valence-corrected chi connectivity index (χ2v) is 9.11. The van der Waals surface area contributed by atoms with E-state index in [0.29, 0.717) is 26.4 Å². The topological polar surface area (TPSA) is 74.2 Å². The van der Waals surface area contributed by atoms with Gasteiger partial charge < -0.3 is 10.1 Å². The average molecular weight is 478 g/mol. The summed E-state index contributed by atoms with van der Waals surface area (Å²) in [6.45, 7) is 3.88. The monoisotopic (exact) mass is 477 g/mol. The van der Waals surface area contributed by atoms with Gasteiger partial charge in [-0.15, -0.1) is 11.3 Å². The van der Waals surface area contributed by atoms with Gasteiger partial charge in [-0.1, -0.05) is 0 Å². The van der Waals surface area contributed by atoms with Crippen LogP contribution in [0.1, 0.15) is 53.1 Å². The van der Waals surface area contributed by atoms with Crippen LogP contribution in [0.3, 0.4) is 0 Å². The Labute approximate surface area is 182 Å². The van der Waals surface area contributed by atoms with E-state index in [-0.39, 0.29) is 17.1 Å². The fourth-order valence-electron chi connectivity index (χ4n) is 3.07.